The fourth-order valence-electron chi connectivity index (χ4n) is 2.47. The maximum absolute atomic E-state index is 11.1. The second-order valence-corrected chi connectivity index (χ2v) is 4.60. The lowest BCUT2D eigenvalue weighted by molar-refractivity contribution is 0.112. The van der Waals surface area contributed by atoms with E-state index in [2.05, 4.69) is 11.8 Å². The summed E-state index contributed by atoms with van der Waals surface area (Å²) in [6.45, 7) is 3.22. The number of halogens is 1. The van der Waals surface area contributed by atoms with Crippen LogP contribution >= 0.6 is 11.6 Å². The van der Waals surface area contributed by atoms with Crippen LogP contribution in [0.1, 0.15) is 36.5 Å². The molecule has 0 amide bonds. The summed E-state index contributed by atoms with van der Waals surface area (Å²) < 4.78 is 0. The van der Waals surface area contributed by atoms with Gasteiger partial charge in [-0.15, -0.1) is 0 Å². The first kappa shape index (κ1) is 11.5. The summed E-state index contributed by atoms with van der Waals surface area (Å²) >= 11 is 6.04. The minimum atomic E-state index is 0.550. The molecule has 1 saturated heterocycles. The Bertz CT molecular complexity index is 392. The van der Waals surface area contributed by atoms with Gasteiger partial charge in [-0.1, -0.05) is 24.6 Å². The Morgan fingerprint density at radius 3 is 3.06 bits per heavy atom. The Kier molecular flexibility index (Phi) is 3.49. The number of aldehydes is 1. The van der Waals surface area contributed by atoms with Crippen molar-refractivity contribution in [1.29, 1.82) is 0 Å². The van der Waals surface area contributed by atoms with Crippen molar-refractivity contribution in [1.82, 2.24) is 0 Å². The molecular weight excluding hydrogens is 222 g/mol. The van der Waals surface area contributed by atoms with Crippen LogP contribution in [0, 0.1) is 0 Å². The molecular formula is C13H16ClNO. The second-order valence-electron chi connectivity index (χ2n) is 4.19. The molecule has 3 heteroatoms. The van der Waals surface area contributed by atoms with Gasteiger partial charge in [0.05, 0.1) is 10.6 Å². The fourth-order valence-corrected chi connectivity index (χ4v) is 2.68. The van der Waals surface area contributed by atoms with Crippen LogP contribution in [-0.4, -0.2) is 18.9 Å². The third-order valence-corrected chi connectivity index (χ3v) is 3.64. The molecule has 1 aliphatic rings. The zero-order valence-electron chi connectivity index (χ0n) is 9.45. The van der Waals surface area contributed by atoms with Crippen molar-refractivity contribution in [3.05, 3.63) is 28.8 Å². The Morgan fingerprint density at radius 2 is 2.38 bits per heavy atom. The lowest BCUT2D eigenvalue weighted by atomic mass is 10.1. The van der Waals surface area contributed by atoms with E-state index in [4.69, 9.17) is 11.6 Å². The molecule has 2 nitrogen and oxygen atoms in total. The van der Waals surface area contributed by atoms with E-state index in [-0.39, 0.29) is 0 Å². The number of benzene rings is 1. The van der Waals surface area contributed by atoms with Gasteiger partial charge in [-0.3, -0.25) is 4.79 Å². The van der Waals surface area contributed by atoms with Crippen LogP contribution in [0.15, 0.2) is 18.2 Å². The molecule has 1 unspecified atom stereocenters. The molecule has 2 rings (SSSR count). The first-order chi connectivity index (χ1) is 7.77. The van der Waals surface area contributed by atoms with Gasteiger partial charge in [0.1, 0.15) is 0 Å². The molecule has 1 fully saturated rings. The van der Waals surface area contributed by atoms with E-state index in [0.29, 0.717) is 16.6 Å². The number of hydrogen-bond acceptors (Lipinski definition) is 2. The maximum Gasteiger partial charge on any atom is 0.153 e. The molecule has 16 heavy (non-hydrogen) atoms. The van der Waals surface area contributed by atoms with Gasteiger partial charge >= 0.3 is 0 Å². The van der Waals surface area contributed by atoms with Crippen LogP contribution in [0.5, 0.6) is 0 Å². The number of rotatable bonds is 3. The fraction of sp³-hybridized carbons (Fsp3) is 0.462. The zero-order chi connectivity index (χ0) is 11.5. The SMILES string of the molecule is CCC1CCCN1c1cccc(Cl)c1C=O. The van der Waals surface area contributed by atoms with Crippen LogP contribution in [0.2, 0.25) is 5.02 Å². The van der Waals surface area contributed by atoms with Crippen molar-refractivity contribution in [2.75, 3.05) is 11.4 Å². The Hall–Kier alpha value is -1.02. The maximum atomic E-state index is 11.1. The number of hydrogen-bond donors (Lipinski definition) is 0. The van der Waals surface area contributed by atoms with Gasteiger partial charge in [-0.25, -0.2) is 0 Å². The number of anilines is 1. The molecule has 0 spiro atoms. The van der Waals surface area contributed by atoms with Crippen molar-refractivity contribution >= 4 is 23.6 Å². The number of carbonyl (C=O) groups excluding carboxylic acids is 1. The zero-order valence-corrected chi connectivity index (χ0v) is 10.2. The van der Waals surface area contributed by atoms with E-state index in [1.807, 2.05) is 12.1 Å². The minimum absolute atomic E-state index is 0.550. The first-order valence-corrected chi connectivity index (χ1v) is 6.16. The summed E-state index contributed by atoms with van der Waals surface area (Å²) in [5.41, 5.74) is 1.62. The first-order valence-electron chi connectivity index (χ1n) is 5.78. The van der Waals surface area contributed by atoms with Crippen molar-refractivity contribution in [3.8, 4) is 0 Å². The molecule has 0 aliphatic carbocycles. The van der Waals surface area contributed by atoms with E-state index in [1.54, 1.807) is 6.07 Å². The molecule has 86 valence electrons. The topological polar surface area (TPSA) is 20.3 Å². The van der Waals surface area contributed by atoms with Gasteiger partial charge < -0.3 is 4.90 Å². The highest BCUT2D eigenvalue weighted by Gasteiger charge is 2.25. The third kappa shape index (κ3) is 1.94. The van der Waals surface area contributed by atoms with Crippen LogP contribution in [0.4, 0.5) is 5.69 Å². The molecule has 1 aromatic carbocycles. The van der Waals surface area contributed by atoms with E-state index >= 15 is 0 Å². The lowest BCUT2D eigenvalue weighted by Gasteiger charge is -2.27. The van der Waals surface area contributed by atoms with E-state index in [9.17, 15) is 4.79 Å². The van der Waals surface area contributed by atoms with Crippen molar-refractivity contribution < 1.29 is 4.79 Å². The smallest absolute Gasteiger partial charge is 0.153 e. The predicted octanol–water partition coefficient (Wildman–Crippen LogP) is 3.53. The minimum Gasteiger partial charge on any atom is -0.368 e. The Labute approximate surface area is 101 Å². The summed E-state index contributed by atoms with van der Waals surface area (Å²) in [5, 5.41) is 0.550. The number of nitrogens with zero attached hydrogens (tertiary/aromatic N) is 1. The number of carbonyl (C=O) groups is 1. The standard InChI is InChI=1S/C13H16ClNO/c1-2-10-5-4-8-15(10)13-7-3-6-12(14)11(13)9-16/h3,6-7,9-10H,2,4-5,8H2,1H3. The molecule has 0 bridgehead atoms. The Morgan fingerprint density at radius 1 is 1.56 bits per heavy atom. The van der Waals surface area contributed by atoms with Gasteiger partial charge in [-0.2, -0.15) is 0 Å². The Balaban J connectivity index is 2.39. The highest BCUT2D eigenvalue weighted by atomic mass is 35.5. The molecule has 0 radical (unpaired) electrons. The van der Waals surface area contributed by atoms with E-state index in [1.165, 1.54) is 12.8 Å². The van der Waals surface area contributed by atoms with E-state index < -0.39 is 0 Å². The quantitative estimate of drug-likeness (QED) is 0.750. The molecule has 1 atom stereocenters. The summed E-state index contributed by atoms with van der Waals surface area (Å²) in [5.74, 6) is 0. The molecule has 0 aromatic heterocycles. The third-order valence-electron chi connectivity index (χ3n) is 3.31. The summed E-state index contributed by atoms with van der Waals surface area (Å²) in [7, 11) is 0. The van der Waals surface area contributed by atoms with Gasteiger partial charge in [0.25, 0.3) is 0 Å². The average Bonchev–Trinajstić information content (AvgIpc) is 2.76. The molecule has 1 aliphatic heterocycles. The second kappa shape index (κ2) is 4.88. The highest BCUT2D eigenvalue weighted by Crippen LogP contribution is 2.32. The van der Waals surface area contributed by atoms with Gasteiger partial charge in [0, 0.05) is 18.3 Å². The highest BCUT2D eigenvalue weighted by molar-refractivity contribution is 6.33. The molecule has 1 heterocycles. The van der Waals surface area contributed by atoms with Crippen LogP contribution in [-0.2, 0) is 0 Å². The van der Waals surface area contributed by atoms with Gasteiger partial charge in [-0.05, 0) is 31.4 Å². The summed E-state index contributed by atoms with van der Waals surface area (Å²) in [6.07, 6.45) is 4.39. The summed E-state index contributed by atoms with van der Waals surface area (Å²) in [6, 6.07) is 6.22. The molecule has 0 N–H and O–H groups in total. The van der Waals surface area contributed by atoms with Crippen molar-refractivity contribution in [2.45, 2.75) is 32.2 Å². The van der Waals surface area contributed by atoms with Crippen molar-refractivity contribution in [3.63, 3.8) is 0 Å². The average molecular weight is 238 g/mol. The summed E-state index contributed by atoms with van der Waals surface area (Å²) in [4.78, 5) is 13.4. The van der Waals surface area contributed by atoms with Crippen molar-refractivity contribution in [2.24, 2.45) is 0 Å². The molecule has 0 saturated carbocycles. The lowest BCUT2D eigenvalue weighted by Crippen LogP contribution is -2.29. The van der Waals surface area contributed by atoms with Gasteiger partial charge in [0.2, 0.25) is 0 Å². The predicted molar refractivity (Wildman–Crippen MR) is 67.5 cm³/mol. The van der Waals surface area contributed by atoms with Gasteiger partial charge in [0.15, 0.2) is 6.29 Å². The monoisotopic (exact) mass is 237 g/mol. The molecule has 1 aromatic rings. The normalized spacial score (nSPS) is 20.1. The van der Waals surface area contributed by atoms with Crippen LogP contribution in [0.25, 0.3) is 0 Å². The largest absolute Gasteiger partial charge is 0.368 e. The van der Waals surface area contributed by atoms with Crippen LogP contribution < -0.4 is 4.90 Å². The van der Waals surface area contributed by atoms with E-state index in [0.717, 1.165) is 24.9 Å². The van der Waals surface area contributed by atoms with Crippen LogP contribution in [0.3, 0.4) is 0 Å².